The number of carbonyl (C=O) groups is 1. The average molecular weight is 392 g/mol. The molecule has 150 valence electrons. The summed E-state index contributed by atoms with van der Waals surface area (Å²) in [7, 11) is 0. The highest BCUT2D eigenvalue weighted by Gasteiger charge is 2.13. The van der Waals surface area contributed by atoms with E-state index in [-0.39, 0.29) is 11.5 Å². The summed E-state index contributed by atoms with van der Waals surface area (Å²) < 4.78 is 1.13. The number of nitrogens with one attached hydrogen (secondary N) is 2. The van der Waals surface area contributed by atoms with Crippen LogP contribution in [0.15, 0.2) is 52.1 Å². The first kappa shape index (κ1) is 19.0. The Balaban J connectivity index is 1.47. The summed E-state index contributed by atoms with van der Waals surface area (Å²) in [4.78, 5) is 41.9. The molecule has 1 amide bonds. The van der Waals surface area contributed by atoms with E-state index >= 15 is 0 Å². The van der Waals surface area contributed by atoms with Gasteiger partial charge in [0.2, 0.25) is 0 Å². The van der Waals surface area contributed by atoms with Crippen LogP contribution in [0.2, 0.25) is 0 Å². The Kier molecular flexibility index (Phi) is 5.20. The standard InChI is InChI=1S/C22H24N4O3/c1-2-26-21(28)18-10-7-16(13-19(18)24-22(26)29)20(27)23-14-15-5-8-17(9-6-15)25-11-3-4-12-25/h5-10,13H,2-4,11-12,14H2,1H3,(H,23,27)(H,24,29). The van der Waals surface area contributed by atoms with E-state index < -0.39 is 5.69 Å². The summed E-state index contributed by atoms with van der Waals surface area (Å²) in [5, 5.41) is 3.28. The van der Waals surface area contributed by atoms with Gasteiger partial charge in [-0.15, -0.1) is 0 Å². The molecule has 29 heavy (non-hydrogen) atoms. The SMILES string of the molecule is CCn1c(=O)[nH]c2cc(C(=O)NCc3ccc(N4CCCC4)cc3)ccc2c1=O. The molecular weight excluding hydrogens is 368 g/mol. The Labute approximate surface area is 168 Å². The van der Waals surface area contributed by atoms with Crippen molar-refractivity contribution in [3.63, 3.8) is 0 Å². The third kappa shape index (κ3) is 3.81. The van der Waals surface area contributed by atoms with E-state index in [1.54, 1.807) is 25.1 Å². The molecule has 7 nitrogen and oxygen atoms in total. The van der Waals surface area contributed by atoms with Crippen LogP contribution in [0.3, 0.4) is 0 Å². The fraction of sp³-hybridized carbons (Fsp3) is 0.318. The fourth-order valence-corrected chi connectivity index (χ4v) is 3.77. The largest absolute Gasteiger partial charge is 0.372 e. The molecule has 0 aliphatic carbocycles. The van der Waals surface area contributed by atoms with Crippen LogP contribution in [0.5, 0.6) is 0 Å². The Morgan fingerprint density at radius 3 is 2.48 bits per heavy atom. The molecule has 0 saturated carbocycles. The van der Waals surface area contributed by atoms with Crippen molar-refractivity contribution in [2.75, 3.05) is 18.0 Å². The van der Waals surface area contributed by atoms with Gasteiger partial charge in [-0.2, -0.15) is 0 Å². The normalized spacial score (nSPS) is 13.8. The molecule has 1 fully saturated rings. The molecule has 0 spiro atoms. The molecule has 2 heterocycles. The van der Waals surface area contributed by atoms with E-state index in [0.717, 1.165) is 23.2 Å². The molecule has 2 N–H and O–H groups in total. The van der Waals surface area contributed by atoms with Crippen LogP contribution in [0, 0.1) is 0 Å². The Morgan fingerprint density at radius 2 is 1.79 bits per heavy atom. The molecule has 0 atom stereocenters. The third-order valence-electron chi connectivity index (χ3n) is 5.42. The molecule has 0 bridgehead atoms. The molecule has 4 rings (SSSR count). The minimum Gasteiger partial charge on any atom is -0.372 e. The third-order valence-corrected chi connectivity index (χ3v) is 5.42. The van der Waals surface area contributed by atoms with Crippen molar-refractivity contribution in [3.8, 4) is 0 Å². The summed E-state index contributed by atoms with van der Waals surface area (Å²) in [6.07, 6.45) is 2.47. The molecule has 3 aromatic rings. The summed E-state index contributed by atoms with van der Waals surface area (Å²) in [5.74, 6) is -0.254. The van der Waals surface area contributed by atoms with Crippen LogP contribution in [0.1, 0.15) is 35.7 Å². The van der Waals surface area contributed by atoms with Gasteiger partial charge in [0.05, 0.1) is 10.9 Å². The monoisotopic (exact) mass is 392 g/mol. The highest BCUT2D eigenvalue weighted by molar-refractivity contribution is 5.97. The first-order chi connectivity index (χ1) is 14.1. The molecular formula is C22H24N4O3. The van der Waals surface area contributed by atoms with Crippen molar-refractivity contribution in [1.82, 2.24) is 14.9 Å². The van der Waals surface area contributed by atoms with Crippen LogP contribution in [0.4, 0.5) is 5.69 Å². The minimum absolute atomic E-state index is 0.254. The average Bonchev–Trinajstić information content (AvgIpc) is 3.27. The number of aromatic nitrogens is 2. The van der Waals surface area contributed by atoms with Crippen LogP contribution in [-0.2, 0) is 13.1 Å². The van der Waals surface area contributed by atoms with Gasteiger partial charge in [0.15, 0.2) is 0 Å². The van der Waals surface area contributed by atoms with Gasteiger partial charge >= 0.3 is 5.69 Å². The molecule has 1 aromatic heterocycles. The summed E-state index contributed by atoms with van der Waals surface area (Å²) >= 11 is 0. The van der Waals surface area contributed by atoms with Crippen molar-refractivity contribution in [3.05, 3.63) is 74.4 Å². The number of rotatable bonds is 5. The molecule has 7 heteroatoms. The number of carbonyl (C=O) groups excluding carboxylic acids is 1. The van der Waals surface area contributed by atoms with Crippen molar-refractivity contribution >= 4 is 22.5 Å². The predicted octanol–water partition coefficient (Wildman–Crippen LogP) is 2.24. The lowest BCUT2D eigenvalue weighted by atomic mass is 10.1. The maximum Gasteiger partial charge on any atom is 0.328 e. The van der Waals surface area contributed by atoms with Crippen LogP contribution in [0.25, 0.3) is 10.9 Å². The van der Waals surface area contributed by atoms with E-state index in [0.29, 0.717) is 29.6 Å². The minimum atomic E-state index is -0.472. The first-order valence-corrected chi connectivity index (χ1v) is 9.96. The summed E-state index contributed by atoms with van der Waals surface area (Å²) in [6.45, 7) is 4.64. The zero-order valence-corrected chi connectivity index (χ0v) is 16.4. The number of amides is 1. The van der Waals surface area contributed by atoms with Crippen molar-refractivity contribution in [1.29, 1.82) is 0 Å². The van der Waals surface area contributed by atoms with Crippen molar-refractivity contribution in [2.24, 2.45) is 0 Å². The molecule has 1 aliphatic rings. The van der Waals surface area contributed by atoms with Gasteiger partial charge in [-0.1, -0.05) is 12.1 Å². The van der Waals surface area contributed by atoms with Crippen molar-refractivity contribution in [2.45, 2.75) is 32.9 Å². The van der Waals surface area contributed by atoms with E-state index in [9.17, 15) is 14.4 Å². The highest BCUT2D eigenvalue weighted by atomic mass is 16.2. The van der Waals surface area contributed by atoms with Crippen LogP contribution < -0.4 is 21.5 Å². The van der Waals surface area contributed by atoms with Gasteiger partial charge in [-0.25, -0.2) is 4.79 Å². The number of aromatic amines is 1. The van der Waals surface area contributed by atoms with Gasteiger partial charge in [0.1, 0.15) is 0 Å². The van der Waals surface area contributed by atoms with Crippen LogP contribution in [-0.4, -0.2) is 28.5 Å². The predicted molar refractivity (Wildman–Crippen MR) is 114 cm³/mol. The second-order valence-corrected chi connectivity index (χ2v) is 7.28. The number of hydrogen-bond acceptors (Lipinski definition) is 4. The maximum absolute atomic E-state index is 12.5. The number of nitrogens with zero attached hydrogens (tertiary/aromatic N) is 2. The number of hydrogen-bond donors (Lipinski definition) is 2. The van der Waals surface area contributed by atoms with Crippen molar-refractivity contribution < 1.29 is 4.79 Å². The van der Waals surface area contributed by atoms with Gasteiger partial charge in [-0.05, 0) is 55.7 Å². The number of benzene rings is 2. The van der Waals surface area contributed by atoms with Crippen LogP contribution >= 0.6 is 0 Å². The Bertz CT molecular complexity index is 1160. The molecule has 1 aliphatic heterocycles. The lowest BCUT2D eigenvalue weighted by molar-refractivity contribution is 0.0951. The second-order valence-electron chi connectivity index (χ2n) is 7.28. The van der Waals surface area contributed by atoms with Gasteiger partial charge in [-0.3, -0.25) is 14.2 Å². The Morgan fingerprint density at radius 1 is 1.07 bits per heavy atom. The molecule has 2 aromatic carbocycles. The van der Waals surface area contributed by atoms with E-state index in [2.05, 4.69) is 27.3 Å². The Hall–Kier alpha value is -3.35. The molecule has 0 radical (unpaired) electrons. The summed E-state index contributed by atoms with van der Waals surface area (Å²) in [5.41, 5.74) is 2.18. The molecule has 1 saturated heterocycles. The number of anilines is 1. The second kappa shape index (κ2) is 7.95. The topological polar surface area (TPSA) is 87.2 Å². The first-order valence-electron chi connectivity index (χ1n) is 9.96. The molecule has 0 unspecified atom stereocenters. The van der Waals surface area contributed by atoms with Gasteiger partial charge in [0, 0.05) is 37.4 Å². The maximum atomic E-state index is 12.5. The van der Waals surface area contributed by atoms with Gasteiger partial charge < -0.3 is 15.2 Å². The van der Waals surface area contributed by atoms with Gasteiger partial charge in [0.25, 0.3) is 11.5 Å². The zero-order valence-electron chi connectivity index (χ0n) is 16.4. The number of fused-ring (bicyclic) bond motifs is 1. The quantitative estimate of drug-likeness (QED) is 0.697. The van der Waals surface area contributed by atoms with E-state index in [1.807, 2.05) is 12.1 Å². The highest BCUT2D eigenvalue weighted by Crippen LogP contribution is 2.20. The smallest absolute Gasteiger partial charge is 0.328 e. The fourth-order valence-electron chi connectivity index (χ4n) is 3.77. The summed E-state index contributed by atoms with van der Waals surface area (Å²) in [6, 6.07) is 13.0. The van der Waals surface area contributed by atoms with E-state index in [4.69, 9.17) is 0 Å². The van der Waals surface area contributed by atoms with E-state index in [1.165, 1.54) is 18.5 Å². The number of H-pyrrole nitrogens is 1. The zero-order chi connectivity index (χ0) is 20.4. The lowest BCUT2D eigenvalue weighted by Gasteiger charge is -2.17. The lowest BCUT2D eigenvalue weighted by Crippen LogP contribution is -2.34.